The van der Waals surface area contributed by atoms with Crippen LogP contribution in [0.15, 0.2) is 35.6 Å². The highest BCUT2D eigenvalue weighted by Crippen LogP contribution is 2.28. The van der Waals surface area contributed by atoms with Crippen LogP contribution >= 0.6 is 11.8 Å². The Bertz CT molecular complexity index is 1050. The van der Waals surface area contributed by atoms with E-state index in [9.17, 15) is 4.79 Å². The molecule has 1 fully saturated rings. The molecule has 31 heavy (non-hydrogen) atoms. The molecule has 0 aliphatic carbocycles. The molecule has 9 heteroatoms. The van der Waals surface area contributed by atoms with Crippen LogP contribution in [0.25, 0.3) is 11.0 Å². The van der Waals surface area contributed by atoms with Gasteiger partial charge in [0, 0.05) is 19.6 Å². The molecule has 4 rings (SSSR count). The third kappa shape index (κ3) is 4.76. The molecule has 0 bridgehead atoms. The summed E-state index contributed by atoms with van der Waals surface area (Å²) >= 11 is 1.53. The molecule has 1 aromatic carbocycles. The average Bonchev–Trinajstić information content (AvgIpc) is 3.22. The molecule has 1 saturated heterocycles. The summed E-state index contributed by atoms with van der Waals surface area (Å²) in [4.78, 5) is 24.4. The Morgan fingerprint density at radius 1 is 1.19 bits per heavy atom. The maximum absolute atomic E-state index is 12.6. The van der Waals surface area contributed by atoms with E-state index in [1.807, 2.05) is 42.3 Å². The van der Waals surface area contributed by atoms with Gasteiger partial charge in [0.05, 0.1) is 30.3 Å². The largest absolute Gasteiger partial charge is 0.493 e. The third-order valence-electron chi connectivity index (χ3n) is 5.33. The first-order valence-electron chi connectivity index (χ1n) is 10.7. The van der Waals surface area contributed by atoms with Crippen LogP contribution in [0.5, 0.6) is 5.75 Å². The lowest BCUT2D eigenvalue weighted by Gasteiger charge is -2.28. The fourth-order valence-electron chi connectivity index (χ4n) is 3.83. The second-order valence-electron chi connectivity index (χ2n) is 7.37. The minimum atomic E-state index is -0.158. The molecule has 0 spiro atoms. The molecule has 1 N–H and O–H groups in total. The van der Waals surface area contributed by atoms with E-state index in [-0.39, 0.29) is 5.91 Å². The number of hydrogen-bond donors (Lipinski definition) is 1. The molecule has 164 valence electrons. The van der Waals surface area contributed by atoms with E-state index in [1.165, 1.54) is 31.0 Å². The summed E-state index contributed by atoms with van der Waals surface area (Å²) in [5.74, 6) is 1.40. The summed E-state index contributed by atoms with van der Waals surface area (Å²) in [6.45, 7) is 5.41. The van der Waals surface area contributed by atoms with Crippen molar-refractivity contribution in [3.8, 4) is 5.75 Å². The summed E-state index contributed by atoms with van der Waals surface area (Å²) in [5, 5.41) is 9.22. The number of piperidine rings is 1. The van der Waals surface area contributed by atoms with E-state index in [4.69, 9.17) is 14.7 Å². The second kappa shape index (κ2) is 10.00. The smallest absolute Gasteiger partial charge is 0.255 e. The lowest BCUT2D eigenvalue weighted by atomic mass is 10.1. The molecule has 0 unspecified atom stereocenters. The van der Waals surface area contributed by atoms with Crippen molar-refractivity contribution in [3.63, 3.8) is 0 Å². The van der Waals surface area contributed by atoms with E-state index in [1.54, 1.807) is 6.07 Å². The maximum atomic E-state index is 12.6. The Hall–Kier alpha value is -2.81. The Kier molecular flexibility index (Phi) is 6.91. The average molecular weight is 441 g/mol. The van der Waals surface area contributed by atoms with E-state index in [2.05, 4.69) is 15.3 Å². The number of amides is 1. The molecule has 0 saturated carbocycles. The number of thioether (sulfide) groups is 1. The predicted molar refractivity (Wildman–Crippen MR) is 123 cm³/mol. The zero-order valence-corrected chi connectivity index (χ0v) is 18.8. The van der Waals surface area contributed by atoms with Crippen molar-refractivity contribution < 1.29 is 9.53 Å². The van der Waals surface area contributed by atoms with Crippen molar-refractivity contribution in [1.29, 1.82) is 0 Å². The van der Waals surface area contributed by atoms with Crippen LogP contribution < -0.4 is 15.0 Å². The Labute approximate surface area is 186 Å². The van der Waals surface area contributed by atoms with Crippen LogP contribution in [-0.4, -0.2) is 58.2 Å². The van der Waals surface area contributed by atoms with Crippen LogP contribution in [0.4, 0.5) is 5.82 Å². The molecule has 1 aliphatic rings. The van der Waals surface area contributed by atoms with Gasteiger partial charge in [0.1, 0.15) is 11.6 Å². The summed E-state index contributed by atoms with van der Waals surface area (Å²) < 4.78 is 7.41. The molecule has 2 aromatic heterocycles. The number of hydrogen-bond acceptors (Lipinski definition) is 7. The minimum absolute atomic E-state index is 0.158. The number of nitrogens with one attached hydrogen (secondary N) is 1. The third-order valence-corrected chi connectivity index (χ3v) is 5.88. The van der Waals surface area contributed by atoms with Gasteiger partial charge >= 0.3 is 0 Å². The molecule has 0 radical (unpaired) electrons. The second-order valence-corrected chi connectivity index (χ2v) is 8.15. The van der Waals surface area contributed by atoms with Crippen molar-refractivity contribution in [1.82, 2.24) is 25.1 Å². The molecule has 3 aromatic rings. The number of aromatic nitrogens is 4. The quantitative estimate of drug-likeness (QED) is 0.425. The van der Waals surface area contributed by atoms with Crippen molar-refractivity contribution >= 4 is 34.5 Å². The van der Waals surface area contributed by atoms with Gasteiger partial charge in [-0.15, -0.1) is 0 Å². The van der Waals surface area contributed by atoms with Crippen LogP contribution in [0, 0.1) is 0 Å². The van der Waals surface area contributed by atoms with Crippen LogP contribution in [0.3, 0.4) is 0 Å². The fraction of sp³-hybridized carbons (Fsp3) is 0.455. The summed E-state index contributed by atoms with van der Waals surface area (Å²) in [7, 11) is 0. The van der Waals surface area contributed by atoms with Crippen molar-refractivity contribution in [2.45, 2.75) is 37.9 Å². The SMILES string of the molecule is CCOc1ccccc1C(=O)NCCn1ncc2c(N3CCCCC3)nc(SC)nc21. The number of ether oxygens (including phenoxy) is 1. The fourth-order valence-corrected chi connectivity index (χ4v) is 4.18. The highest BCUT2D eigenvalue weighted by molar-refractivity contribution is 7.98. The van der Waals surface area contributed by atoms with Crippen LogP contribution in [0.1, 0.15) is 36.5 Å². The monoisotopic (exact) mass is 440 g/mol. The topological polar surface area (TPSA) is 85.2 Å². The van der Waals surface area contributed by atoms with Gasteiger partial charge in [0.2, 0.25) is 0 Å². The highest BCUT2D eigenvalue weighted by Gasteiger charge is 2.20. The van der Waals surface area contributed by atoms with Crippen LogP contribution in [0.2, 0.25) is 0 Å². The number of rotatable bonds is 8. The van der Waals surface area contributed by atoms with Gasteiger partial charge in [-0.3, -0.25) is 4.79 Å². The zero-order valence-electron chi connectivity index (χ0n) is 18.0. The first-order chi connectivity index (χ1) is 15.2. The summed E-state index contributed by atoms with van der Waals surface area (Å²) in [6, 6.07) is 7.27. The highest BCUT2D eigenvalue weighted by atomic mass is 32.2. The van der Waals surface area contributed by atoms with Gasteiger partial charge < -0.3 is 15.0 Å². The van der Waals surface area contributed by atoms with Gasteiger partial charge in [-0.05, 0) is 44.6 Å². The molecule has 8 nitrogen and oxygen atoms in total. The van der Waals surface area contributed by atoms with Gasteiger partial charge in [-0.25, -0.2) is 14.6 Å². The number of nitrogens with zero attached hydrogens (tertiary/aromatic N) is 5. The lowest BCUT2D eigenvalue weighted by molar-refractivity contribution is 0.0948. The van der Waals surface area contributed by atoms with Crippen molar-refractivity contribution in [2.75, 3.05) is 37.4 Å². The predicted octanol–water partition coefficient (Wildman–Crippen LogP) is 3.37. The number of carbonyl (C=O) groups excluding carboxylic acids is 1. The first-order valence-corrected chi connectivity index (χ1v) is 12.0. The van der Waals surface area contributed by atoms with Gasteiger partial charge in [0.25, 0.3) is 5.91 Å². The van der Waals surface area contributed by atoms with E-state index in [0.29, 0.717) is 31.0 Å². The van der Waals surface area contributed by atoms with Crippen molar-refractivity contribution in [2.24, 2.45) is 0 Å². The Balaban J connectivity index is 1.50. The van der Waals surface area contributed by atoms with E-state index >= 15 is 0 Å². The number of para-hydroxylation sites is 1. The summed E-state index contributed by atoms with van der Waals surface area (Å²) in [6.07, 6.45) is 7.46. The number of benzene rings is 1. The molecule has 0 atom stereocenters. The maximum Gasteiger partial charge on any atom is 0.255 e. The number of fused-ring (bicyclic) bond motifs is 1. The molecule has 1 aliphatic heterocycles. The first kappa shape index (κ1) is 21.4. The summed E-state index contributed by atoms with van der Waals surface area (Å²) in [5.41, 5.74) is 1.35. The van der Waals surface area contributed by atoms with Crippen molar-refractivity contribution in [3.05, 3.63) is 36.0 Å². The minimum Gasteiger partial charge on any atom is -0.493 e. The lowest BCUT2D eigenvalue weighted by Crippen LogP contribution is -2.30. The molecular formula is C22H28N6O2S. The van der Waals surface area contributed by atoms with Gasteiger partial charge in [0.15, 0.2) is 10.8 Å². The Morgan fingerprint density at radius 3 is 2.77 bits per heavy atom. The number of anilines is 1. The molecule has 1 amide bonds. The Morgan fingerprint density at radius 2 is 2.00 bits per heavy atom. The van der Waals surface area contributed by atoms with Gasteiger partial charge in [-0.1, -0.05) is 23.9 Å². The zero-order chi connectivity index (χ0) is 21.6. The molecule has 3 heterocycles. The van der Waals surface area contributed by atoms with Gasteiger partial charge in [-0.2, -0.15) is 5.10 Å². The van der Waals surface area contributed by atoms with E-state index < -0.39 is 0 Å². The molecular weight excluding hydrogens is 412 g/mol. The van der Waals surface area contributed by atoms with E-state index in [0.717, 1.165) is 35.1 Å². The number of carbonyl (C=O) groups is 1. The normalized spacial score (nSPS) is 14.1. The van der Waals surface area contributed by atoms with Crippen LogP contribution in [-0.2, 0) is 6.54 Å². The standard InChI is InChI=1S/C22H28N6O2S/c1-3-30-18-10-6-5-9-16(18)21(29)23-11-14-28-20-17(15-24-28)19(25-22(26-20)31-2)27-12-7-4-8-13-27/h5-6,9-10,15H,3-4,7-8,11-14H2,1-2H3,(H,23,29).